The van der Waals surface area contributed by atoms with Crippen molar-refractivity contribution in [3.8, 4) is 0 Å². The number of nitrogen functional groups attached to an aromatic ring is 1. The molecular formula is C16H16N4. The van der Waals surface area contributed by atoms with Gasteiger partial charge >= 0.3 is 0 Å². The van der Waals surface area contributed by atoms with Crippen LogP contribution in [0.2, 0.25) is 0 Å². The topological polar surface area (TPSA) is 63.8 Å². The second-order valence-corrected chi connectivity index (χ2v) is 4.63. The standard InChI is InChI=1S/C16H16N4/c1-2-11-7-9-12(10-8-11)18-16-19-14-6-4-3-5-13(14)15(17)20-16/h3-10H,2H2,1H3,(H3,17,18,19,20). The molecule has 2 aromatic carbocycles. The van der Waals surface area contributed by atoms with Gasteiger partial charge in [0.1, 0.15) is 5.82 Å². The van der Waals surface area contributed by atoms with Crippen molar-refractivity contribution in [3.63, 3.8) is 0 Å². The molecule has 4 heteroatoms. The molecule has 3 aromatic rings. The van der Waals surface area contributed by atoms with Gasteiger partial charge in [-0.05, 0) is 36.2 Å². The fourth-order valence-corrected chi connectivity index (χ4v) is 2.11. The van der Waals surface area contributed by atoms with Crippen LogP contribution in [0.25, 0.3) is 10.9 Å². The highest BCUT2D eigenvalue weighted by Crippen LogP contribution is 2.21. The number of para-hydroxylation sites is 1. The largest absolute Gasteiger partial charge is 0.383 e. The van der Waals surface area contributed by atoms with E-state index in [0.717, 1.165) is 23.0 Å². The zero-order valence-corrected chi connectivity index (χ0v) is 11.3. The maximum atomic E-state index is 5.97. The molecule has 0 unspecified atom stereocenters. The lowest BCUT2D eigenvalue weighted by molar-refractivity contribution is 1.14. The van der Waals surface area contributed by atoms with Crippen molar-refractivity contribution < 1.29 is 0 Å². The summed E-state index contributed by atoms with van der Waals surface area (Å²) in [6, 6.07) is 15.9. The molecule has 0 bridgehead atoms. The van der Waals surface area contributed by atoms with Crippen molar-refractivity contribution in [1.29, 1.82) is 0 Å². The van der Waals surface area contributed by atoms with Crippen LogP contribution >= 0.6 is 0 Å². The van der Waals surface area contributed by atoms with Gasteiger partial charge in [0, 0.05) is 11.1 Å². The molecule has 0 fully saturated rings. The van der Waals surface area contributed by atoms with Crippen LogP contribution in [0.3, 0.4) is 0 Å². The first-order valence-electron chi connectivity index (χ1n) is 6.64. The molecule has 0 spiro atoms. The van der Waals surface area contributed by atoms with Crippen molar-refractivity contribution >= 4 is 28.4 Å². The van der Waals surface area contributed by atoms with Crippen LogP contribution in [-0.2, 0) is 6.42 Å². The molecular weight excluding hydrogens is 248 g/mol. The van der Waals surface area contributed by atoms with Crippen LogP contribution < -0.4 is 11.1 Å². The monoisotopic (exact) mass is 264 g/mol. The van der Waals surface area contributed by atoms with Gasteiger partial charge < -0.3 is 11.1 Å². The maximum Gasteiger partial charge on any atom is 0.229 e. The van der Waals surface area contributed by atoms with Crippen molar-refractivity contribution in [2.45, 2.75) is 13.3 Å². The quantitative estimate of drug-likeness (QED) is 0.759. The Bertz CT molecular complexity index is 735. The molecule has 1 heterocycles. The summed E-state index contributed by atoms with van der Waals surface area (Å²) in [5.41, 5.74) is 9.06. The molecule has 4 nitrogen and oxygen atoms in total. The summed E-state index contributed by atoms with van der Waals surface area (Å²) < 4.78 is 0. The van der Waals surface area contributed by atoms with Gasteiger partial charge in [-0.25, -0.2) is 4.98 Å². The molecule has 100 valence electrons. The summed E-state index contributed by atoms with van der Waals surface area (Å²) in [6.45, 7) is 2.13. The number of hydrogen-bond donors (Lipinski definition) is 2. The first kappa shape index (κ1) is 12.4. The van der Waals surface area contributed by atoms with E-state index < -0.39 is 0 Å². The van der Waals surface area contributed by atoms with Crippen LogP contribution in [0.4, 0.5) is 17.5 Å². The Hall–Kier alpha value is -2.62. The first-order chi connectivity index (χ1) is 9.76. The number of anilines is 3. The summed E-state index contributed by atoms with van der Waals surface area (Å²) in [5.74, 6) is 1.01. The van der Waals surface area contributed by atoms with Gasteiger partial charge in [-0.15, -0.1) is 0 Å². The molecule has 0 aliphatic rings. The van der Waals surface area contributed by atoms with E-state index in [0.29, 0.717) is 11.8 Å². The van der Waals surface area contributed by atoms with Crippen molar-refractivity contribution in [2.75, 3.05) is 11.1 Å². The zero-order valence-electron chi connectivity index (χ0n) is 11.3. The lowest BCUT2D eigenvalue weighted by atomic mass is 10.1. The molecule has 1 aromatic heterocycles. The van der Waals surface area contributed by atoms with Crippen LogP contribution in [0.15, 0.2) is 48.5 Å². The van der Waals surface area contributed by atoms with Crippen LogP contribution in [0.1, 0.15) is 12.5 Å². The predicted octanol–water partition coefficient (Wildman–Crippen LogP) is 3.52. The summed E-state index contributed by atoms with van der Waals surface area (Å²) >= 11 is 0. The maximum absolute atomic E-state index is 5.97. The molecule has 0 aliphatic heterocycles. The Balaban J connectivity index is 1.93. The molecule has 20 heavy (non-hydrogen) atoms. The van der Waals surface area contributed by atoms with Crippen LogP contribution in [-0.4, -0.2) is 9.97 Å². The minimum absolute atomic E-state index is 0.489. The van der Waals surface area contributed by atoms with Crippen LogP contribution in [0.5, 0.6) is 0 Å². The summed E-state index contributed by atoms with van der Waals surface area (Å²) in [5, 5.41) is 4.06. The number of aryl methyl sites for hydroxylation is 1. The Morgan fingerprint density at radius 3 is 2.50 bits per heavy atom. The van der Waals surface area contributed by atoms with Gasteiger partial charge in [-0.3, -0.25) is 0 Å². The van der Waals surface area contributed by atoms with E-state index in [4.69, 9.17) is 5.73 Å². The van der Waals surface area contributed by atoms with E-state index in [1.165, 1.54) is 5.56 Å². The number of nitrogens with zero attached hydrogens (tertiary/aromatic N) is 2. The normalized spacial score (nSPS) is 10.7. The molecule has 0 amide bonds. The highest BCUT2D eigenvalue weighted by Gasteiger charge is 2.04. The number of hydrogen-bond acceptors (Lipinski definition) is 4. The molecule has 0 aliphatic carbocycles. The SMILES string of the molecule is CCc1ccc(Nc2nc(N)c3ccccc3n2)cc1. The van der Waals surface area contributed by atoms with Crippen molar-refractivity contribution in [1.82, 2.24) is 9.97 Å². The van der Waals surface area contributed by atoms with E-state index in [9.17, 15) is 0 Å². The third-order valence-corrected chi connectivity index (χ3v) is 3.25. The Labute approximate surface area is 117 Å². The summed E-state index contributed by atoms with van der Waals surface area (Å²) in [7, 11) is 0. The number of benzene rings is 2. The van der Waals surface area contributed by atoms with E-state index in [-0.39, 0.29) is 0 Å². The zero-order chi connectivity index (χ0) is 13.9. The number of nitrogens with two attached hydrogens (primary N) is 1. The van der Waals surface area contributed by atoms with Gasteiger partial charge in [0.25, 0.3) is 0 Å². The van der Waals surface area contributed by atoms with Gasteiger partial charge in [0.05, 0.1) is 5.52 Å². The Kier molecular flexibility index (Phi) is 3.21. The molecule has 0 radical (unpaired) electrons. The fraction of sp³-hybridized carbons (Fsp3) is 0.125. The third-order valence-electron chi connectivity index (χ3n) is 3.25. The average Bonchev–Trinajstić information content (AvgIpc) is 2.48. The predicted molar refractivity (Wildman–Crippen MR) is 83.1 cm³/mol. The van der Waals surface area contributed by atoms with E-state index in [1.54, 1.807) is 0 Å². The highest BCUT2D eigenvalue weighted by atomic mass is 15.1. The van der Waals surface area contributed by atoms with E-state index in [2.05, 4.69) is 34.3 Å². The van der Waals surface area contributed by atoms with Gasteiger partial charge in [0.15, 0.2) is 0 Å². The fourth-order valence-electron chi connectivity index (χ4n) is 2.11. The first-order valence-corrected chi connectivity index (χ1v) is 6.64. The smallest absolute Gasteiger partial charge is 0.229 e. The van der Waals surface area contributed by atoms with Crippen molar-refractivity contribution in [3.05, 3.63) is 54.1 Å². The minimum atomic E-state index is 0.489. The number of rotatable bonds is 3. The van der Waals surface area contributed by atoms with Crippen LogP contribution in [0, 0.1) is 0 Å². The van der Waals surface area contributed by atoms with Gasteiger partial charge in [0.2, 0.25) is 5.95 Å². The molecule has 0 atom stereocenters. The second kappa shape index (κ2) is 5.17. The average molecular weight is 264 g/mol. The van der Waals surface area contributed by atoms with Gasteiger partial charge in [-0.1, -0.05) is 31.2 Å². The molecule has 3 rings (SSSR count). The molecule has 0 saturated heterocycles. The lowest BCUT2D eigenvalue weighted by Crippen LogP contribution is -2.01. The lowest BCUT2D eigenvalue weighted by Gasteiger charge is -2.08. The number of fused-ring (bicyclic) bond motifs is 1. The number of nitrogens with one attached hydrogen (secondary N) is 1. The number of aromatic nitrogens is 2. The highest BCUT2D eigenvalue weighted by molar-refractivity contribution is 5.89. The summed E-state index contributed by atoms with van der Waals surface area (Å²) in [6.07, 6.45) is 1.03. The Morgan fingerprint density at radius 1 is 1.00 bits per heavy atom. The van der Waals surface area contributed by atoms with E-state index in [1.807, 2.05) is 36.4 Å². The van der Waals surface area contributed by atoms with Crippen molar-refractivity contribution in [2.24, 2.45) is 0 Å². The summed E-state index contributed by atoms with van der Waals surface area (Å²) in [4.78, 5) is 8.77. The second-order valence-electron chi connectivity index (χ2n) is 4.63. The van der Waals surface area contributed by atoms with Gasteiger partial charge in [-0.2, -0.15) is 4.98 Å². The molecule has 0 saturated carbocycles. The molecule has 3 N–H and O–H groups in total. The van der Waals surface area contributed by atoms with E-state index >= 15 is 0 Å². The third kappa shape index (κ3) is 2.40. The Morgan fingerprint density at radius 2 is 1.75 bits per heavy atom. The minimum Gasteiger partial charge on any atom is -0.383 e.